The zero-order valence-electron chi connectivity index (χ0n) is 14.0. The number of hydrogen-bond donors (Lipinski definition) is 2. The Labute approximate surface area is 144 Å². The second-order valence-electron chi connectivity index (χ2n) is 6.66. The molecule has 0 radical (unpaired) electrons. The number of benzene rings is 1. The van der Waals surface area contributed by atoms with E-state index < -0.39 is 17.3 Å². The lowest BCUT2D eigenvalue weighted by atomic mass is 9.78. The number of piperidine rings is 1. The van der Waals surface area contributed by atoms with Crippen molar-refractivity contribution in [3.05, 3.63) is 59.2 Å². The topological polar surface area (TPSA) is 58.0 Å². The molecule has 1 aliphatic rings. The summed E-state index contributed by atoms with van der Waals surface area (Å²) in [6.07, 6.45) is -0.453. The molecule has 0 amide bonds. The van der Waals surface area contributed by atoms with Gasteiger partial charge in [-0.2, -0.15) is 13.2 Å². The Morgan fingerprint density at radius 2 is 1.76 bits per heavy atom. The molecule has 3 atom stereocenters. The van der Waals surface area contributed by atoms with Crippen LogP contribution in [-0.4, -0.2) is 21.1 Å². The Balaban J connectivity index is 1.91. The van der Waals surface area contributed by atoms with E-state index in [9.17, 15) is 18.3 Å². The molecule has 0 bridgehead atoms. The number of aromatic nitrogens is 2. The van der Waals surface area contributed by atoms with Crippen LogP contribution in [0, 0.1) is 6.92 Å². The summed E-state index contributed by atoms with van der Waals surface area (Å²) in [5.74, 6) is 0. The van der Waals surface area contributed by atoms with Gasteiger partial charge in [0.25, 0.3) is 0 Å². The van der Waals surface area contributed by atoms with E-state index in [-0.39, 0.29) is 12.1 Å². The summed E-state index contributed by atoms with van der Waals surface area (Å²) in [5, 5.41) is 14.6. The van der Waals surface area contributed by atoms with Gasteiger partial charge in [-0.25, -0.2) is 0 Å². The normalized spacial score (nSPS) is 27.3. The van der Waals surface area contributed by atoms with Crippen LogP contribution in [0.4, 0.5) is 13.2 Å². The predicted molar refractivity (Wildman–Crippen MR) is 86.7 cm³/mol. The first-order valence-corrected chi connectivity index (χ1v) is 8.13. The minimum atomic E-state index is -4.39. The van der Waals surface area contributed by atoms with Crippen LogP contribution in [0.25, 0.3) is 0 Å². The second-order valence-corrected chi connectivity index (χ2v) is 6.66. The van der Waals surface area contributed by atoms with E-state index >= 15 is 0 Å². The van der Waals surface area contributed by atoms with E-state index in [4.69, 9.17) is 0 Å². The van der Waals surface area contributed by atoms with Gasteiger partial charge in [0.1, 0.15) is 0 Å². The lowest BCUT2D eigenvalue weighted by molar-refractivity contribution is -0.137. The third kappa shape index (κ3) is 3.67. The molecule has 2 heterocycles. The lowest BCUT2D eigenvalue weighted by Crippen LogP contribution is -2.47. The molecule has 3 rings (SSSR count). The van der Waals surface area contributed by atoms with Crippen LogP contribution in [0.2, 0.25) is 0 Å². The molecule has 2 aromatic rings. The van der Waals surface area contributed by atoms with Gasteiger partial charge < -0.3 is 10.4 Å². The van der Waals surface area contributed by atoms with Crippen molar-refractivity contribution in [2.45, 2.75) is 50.6 Å². The number of nitrogens with zero attached hydrogens (tertiary/aromatic N) is 2. The van der Waals surface area contributed by atoms with Crippen LogP contribution in [-0.2, 0) is 11.8 Å². The van der Waals surface area contributed by atoms with Crippen LogP contribution in [0.15, 0.2) is 36.7 Å². The predicted octanol–water partition coefficient (Wildman–Crippen LogP) is 3.50. The number of nitrogens with one attached hydrogen (secondary N) is 1. The van der Waals surface area contributed by atoms with E-state index in [1.807, 2.05) is 13.8 Å². The Kier molecular flexibility index (Phi) is 4.55. The third-order valence-corrected chi connectivity index (χ3v) is 4.67. The summed E-state index contributed by atoms with van der Waals surface area (Å²) >= 11 is 0. The van der Waals surface area contributed by atoms with E-state index in [0.29, 0.717) is 18.4 Å². The smallest absolute Gasteiger partial charge is 0.385 e. The average Bonchev–Trinajstić information content (AvgIpc) is 2.54. The molecular weight excluding hydrogens is 331 g/mol. The molecule has 7 heteroatoms. The Bertz CT molecular complexity index is 748. The van der Waals surface area contributed by atoms with Gasteiger partial charge in [0.15, 0.2) is 0 Å². The molecule has 1 fully saturated rings. The van der Waals surface area contributed by atoms with Crippen LogP contribution in [0.1, 0.15) is 48.3 Å². The first-order valence-electron chi connectivity index (χ1n) is 8.13. The maximum atomic E-state index is 12.8. The molecule has 4 nitrogen and oxygen atoms in total. The minimum Gasteiger partial charge on any atom is -0.385 e. The highest BCUT2D eigenvalue weighted by atomic mass is 19.4. The van der Waals surface area contributed by atoms with Gasteiger partial charge >= 0.3 is 6.18 Å². The summed E-state index contributed by atoms with van der Waals surface area (Å²) in [6, 6.07) is 4.52. The Hall–Kier alpha value is -1.99. The first-order chi connectivity index (χ1) is 11.7. The van der Waals surface area contributed by atoms with Crippen molar-refractivity contribution >= 4 is 0 Å². The largest absolute Gasteiger partial charge is 0.416 e. The summed E-state index contributed by atoms with van der Waals surface area (Å²) in [6.45, 7) is 3.79. The van der Waals surface area contributed by atoms with Crippen LogP contribution in [0.3, 0.4) is 0 Å². The lowest BCUT2D eigenvalue weighted by Gasteiger charge is -2.41. The fraction of sp³-hybridized carbons (Fsp3) is 0.444. The van der Waals surface area contributed by atoms with E-state index in [1.54, 1.807) is 12.4 Å². The average molecular weight is 351 g/mol. The highest BCUT2D eigenvalue weighted by Crippen LogP contribution is 2.41. The van der Waals surface area contributed by atoms with Crippen LogP contribution < -0.4 is 5.32 Å². The van der Waals surface area contributed by atoms with Gasteiger partial charge in [-0.05, 0) is 38.0 Å². The van der Waals surface area contributed by atoms with Gasteiger partial charge in [-0.15, -0.1) is 0 Å². The highest BCUT2D eigenvalue weighted by molar-refractivity contribution is 5.30. The Morgan fingerprint density at radius 3 is 2.36 bits per heavy atom. The fourth-order valence-corrected chi connectivity index (χ4v) is 3.53. The minimum absolute atomic E-state index is 0.0209. The highest BCUT2D eigenvalue weighted by Gasteiger charge is 2.41. The first kappa shape index (κ1) is 17.8. The van der Waals surface area contributed by atoms with Crippen molar-refractivity contribution in [3.63, 3.8) is 0 Å². The molecule has 0 aliphatic carbocycles. The van der Waals surface area contributed by atoms with Gasteiger partial charge in [0, 0.05) is 24.9 Å². The van der Waals surface area contributed by atoms with Crippen molar-refractivity contribution in [1.29, 1.82) is 0 Å². The maximum absolute atomic E-state index is 12.8. The summed E-state index contributed by atoms with van der Waals surface area (Å²) in [4.78, 5) is 8.59. The quantitative estimate of drug-likeness (QED) is 0.869. The molecule has 25 heavy (non-hydrogen) atoms. The molecule has 134 valence electrons. The fourth-order valence-electron chi connectivity index (χ4n) is 3.53. The number of hydrogen-bond acceptors (Lipinski definition) is 4. The van der Waals surface area contributed by atoms with Gasteiger partial charge in [0.05, 0.1) is 28.6 Å². The number of aliphatic hydroxyl groups is 1. The monoisotopic (exact) mass is 351 g/mol. The van der Waals surface area contributed by atoms with Crippen LogP contribution >= 0.6 is 0 Å². The SMILES string of the molecule is Cc1nccnc1[C@@H]1CC(O)(c2ccc(C(F)(F)F)cc2)C[C@H](C)N1. The third-order valence-electron chi connectivity index (χ3n) is 4.67. The van der Waals surface area contributed by atoms with E-state index in [0.717, 1.165) is 23.5 Å². The number of halogens is 3. The maximum Gasteiger partial charge on any atom is 0.416 e. The van der Waals surface area contributed by atoms with Gasteiger partial charge in [-0.3, -0.25) is 9.97 Å². The Morgan fingerprint density at radius 1 is 1.12 bits per heavy atom. The summed E-state index contributed by atoms with van der Waals surface area (Å²) < 4.78 is 38.3. The van der Waals surface area contributed by atoms with Gasteiger partial charge in [-0.1, -0.05) is 12.1 Å². The molecule has 2 N–H and O–H groups in total. The summed E-state index contributed by atoms with van der Waals surface area (Å²) in [7, 11) is 0. The number of rotatable bonds is 2. The van der Waals surface area contributed by atoms with Gasteiger partial charge in [0.2, 0.25) is 0 Å². The molecule has 1 aromatic heterocycles. The van der Waals surface area contributed by atoms with Crippen molar-refractivity contribution in [1.82, 2.24) is 15.3 Å². The van der Waals surface area contributed by atoms with Crippen molar-refractivity contribution < 1.29 is 18.3 Å². The van der Waals surface area contributed by atoms with Crippen molar-refractivity contribution in [2.24, 2.45) is 0 Å². The van der Waals surface area contributed by atoms with Crippen molar-refractivity contribution in [3.8, 4) is 0 Å². The second kappa shape index (κ2) is 6.38. The van der Waals surface area contributed by atoms with Crippen LogP contribution in [0.5, 0.6) is 0 Å². The molecule has 1 aliphatic heterocycles. The zero-order chi connectivity index (χ0) is 18.2. The number of alkyl halides is 3. The molecular formula is C18H20F3N3O. The zero-order valence-corrected chi connectivity index (χ0v) is 14.0. The molecule has 1 saturated heterocycles. The van der Waals surface area contributed by atoms with E-state index in [1.165, 1.54) is 12.1 Å². The summed E-state index contributed by atoms with van der Waals surface area (Å²) in [5.41, 5.74) is 0.0653. The molecule has 1 aromatic carbocycles. The number of aryl methyl sites for hydroxylation is 1. The molecule has 1 unspecified atom stereocenters. The van der Waals surface area contributed by atoms with Crippen molar-refractivity contribution in [2.75, 3.05) is 0 Å². The van der Waals surface area contributed by atoms with E-state index in [2.05, 4.69) is 15.3 Å². The molecule has 0 saturated carbocycles. The standard InChI is InChI=1S/C18H20F3N3O/c1-11-9-17(25,13-3-5-14(6-4-13)18(19,20)21)10-15(24-11)16-12(2)22-7-8-23-16/h3-8,11,15,24-25H,9-10H2,1-2H3/t11-,15-,17?/m0/s1. The molecule has 0 spiro atoms.